The molecule has 274 valence electrons. The van der Waals surface area contributed by atoms with Gasteiger partial charge in [0.05, 0.1) is 41.5 Å². The third-order valence-corrected chi connectivity index (χ3v) is 11.5. The lowest BCUT2D eigenvalue weighted by Crippen LogP contribution is -2.77. The number of nitrogens with zero attached hydrogens (tertiary/aromatic N) is 5. The first-order valence-corrected chi connectivity index (χ1v) is 18.1. The van der Waals surface area contributed by atoms with Crippen LogP contribution in [-0.2, 0) is 24.9 Å². The van der Waals surface area contributed by atoms with Crippen LogP contribution in [0.5, 0.6) is 5.88 Å². The van der Waals surface area contributed by atoms with Crippen molar-refractivity contribution in [1.29, 1.82) is 0 Å². The molecule has 53 heavy (non-hydrogen) atoms. The van der Waals surface area contributed by atoms with Gasteiger partial charge in [0.2, 0.25) is 11.8 Å². The summed E-state index contributed by atoms with van der Waals surface area (Å²) in [5.74, 6) is 0.754. The summed E-state index contributed by atoms with van der Waals surface area (Å²) < 4.78 is 8.73. The van der Waals surface area contributed by atoms with Gasteiger partial charge in [0.15, 0.2) is 0 Å². The standard InChI is InChI=1S/C38H37Cl2N7O6/c1-45-30(14-41-37-18-38(52,19-37)20-37)44-47-16-22(13-29(47)35(45)49)24-5-3-6-25(32(24)39)26-7-4-8-27(33(26)40)28-11-9-21(34(43-28)53-2)15-46(36(50)51)17-23-10-12-31(48)42-23/h3-9,11,13,16,23,41,52H,10,12,14-15,17-20H2,1-2H3,(H,42,48)(H,50,51). The molecule has 1 saturated heterocycles. The number of fused-ring (bicyclic) bond motifs is 1. The van der Waals surface area contributed by atoms with Gasteiger partial charge < -0.3 is 30.5 Å². The van der Waals surface area contributed by atoms with E-state index in [1.165, 1.54) is 12.0 Å². The topological polar surface area (TPSA) is 163 Å². The highest BCUT2D eigenvalue weighted by molar-refractivity contribution is 6.39. The molecular formula is C38H37Cl2N7O6. The van der Waals surface area contributed by atoms with Crippen molar-refractivity contribution >= 4 is 40.7 Å². The number of benzene rings is 2. The monoisotopic (exact) mass is 757 g/mol. The number of pyridine rings is 1. The minimum atomic E-state index is -1.11. The molecule has 2 amide bonds. The Morgan fingerprint density at radius 1 is 1.06 bits per heavy atom. The molecule has 4 N–H and O–H groups in total. The number of carboxylic acid groups (broad SMARTS) is 1. The molecule has 4 heterocycles. The average molecular weight is 759 g/mol. The number of amides is 2. The van der Waals surface area contributed by atoms with Crippen LogP contribution >= 0.6 is 23.2 Å². The first kappa shape index (κ1) is 35.1. The number of carbonyl (C=O) groups excluding carboxylic acids is 1. The summed E-state index contributed by atoms with van der Waals surface area (Å²) in [5.41, 5.74) is 4.10. The molecule has 9 rings (SSSR count). The Hall–Kier alpha value is -4.95. The first-order chi connectivity index (χ1) is 25.4. The minimum Gasteiger partial charge on any atom is -0.481 e. The molecule has 3 aromatic heterocycles. The number of rotatable bonds is 11. The van der Waals surface area contributed by atoms with Crippen LogP contribution in [0.2, 0.25) is 10.0 Å². The van der Waals surface area contributed by atoms with Gasteiger partial charge in [-0.25, -0.2) is 14.3 Å². The third-order valence-electron chi connectivity index (χ3n) is 10.7. The SMILES string of the molecule is COc1nc(-c2cccc(-c3cccc(-c4cc5c(=O)n(C)c(CNC67CC(O)(C6)C7)nn5c4)c3Cl)c2Cl)ccc1CN(CC1CCC(=O)N1)C(=O)O. The molecule has 4 aliphatic rings. The van der Waals surface area contributed by atoms with Gasteiger partial charge in [0.25, 0.3) is 5.56 Å². The van der Waals surface area contributed by atoms with E-state index in [1.807, 2.05) is 36.4 Å². The summed E-state index contributed by atoms with van der Waals surface area (Å²) in [6, 6.07) is 16.2. The Kier molecular flexibility index (Phi) is 8.72. The third kappa shape index (κ3) is 6.31. The summed E-state index contributed by atoms with van der Waals surface area (Å²) >= 11 is 14.2. The largest absolute Gasteiger partial charge is 0.481 e. The molecule has 13 nitrogen and oxygen atoms in total. The van der Waals surface area contributed by atoms with Crippen molar-refractivity contribution in [1.82, 2.24) is 34.7 Å². The van der Waals surface area contributed by atoms with Crippen molar-refractivity contribution in [2.45, 2.75) is 62.4 Å². The highest BCUT2D eigenvalue weighted by Gasteiger charge is 2.67. The van der Waals surface area contributed by atoms with E-state index in [0.717, 1.165) is 19.3 Å². The maximum absolute atomic E-state index is 13.4. The average Bonchev–Trinajstić information content (AvgIpc) is 3.73. The van der Waals surface area contributed by atoms with Crippen LogP contribution in [0, 0.1) is 0 Å². The van der Waals surface area contributed by atoms with Gasteiger partial charge in [-0.1, -0.05) is 59.6 Å². The van der Waals surface area contributed by atoms with Crippen molar-refractivity contribution < 1.29 is 24.5 Å². The Bertz CT molecular complexity index is 2360. The fraction of sp³-hybridized carbons (Fsp3) is 0.342. The molecule has 1 atom stereocenters. The predicted molar refractivity (Wildman–Crippen MR) is 199 cm³/mol. The number of carbonyl (C=O) groups is 2. The van der Waals surface area contributed by atoms with Crippen LogP contribution in [0.4, 0.5) is 4.79 Å². The van der Waals surface area contributed by atoms with E-state index in [0.29, 0.717) is 79.8 Å². The Labute approximate surface area is 314 Å². The van der Waals surface area contributed by atoms with Crippen LogP contribution in [0.3, 0.4) is 0 Å². The lowest BCUT2D eigenvalue weighted by Gasteiger charge is -2.67. The van der Waals surface area contributed by atoms with Crippen LogP contribution in [0.15, 0.2) is 65.6 Å². The van der Waals surface area contributed by atoms with Gasteiger partial charge >= 0.3 is 6.09 Å². The Morgan fingerprint density at radius 2 is 1.74 bits per heavy atom. The summed E-state index contributed by atoms with van der Waals surface area (Å²) in [6.07, 6.45) is 3.80. The van der Waals surface area contributed by atoms with E-state index < -0.39 is 11.7 Å². The zero-order valence-corrected chi connectivity index (χ0v) is 30.5. The van der Waals surface area contributed by atoms with Crippen LogP contribution in [-0.4, -0.2) is 77.1 Å². The van der Waals surface area contributed by atoms with Crippen LogP contribution in [0.1, 0.15) is 43.5 Å². The van der Waals surface area contributed by atoms with Gasteiger partial charge in [-0.05, 0) is 43.9 Å². The van der Waals surface area contributed by atoms with E-state index in [2.05, 4.69) is 10.6 Å². The van der Waals surface area contributed by atoms with Crippen molar-refractivity contribution in [2.75, 3.05) is 13.7 Å². The number of aliphatic hydroxyl groups is 1. The number of hydrogen-bond donors (Lipinski definition) is 4. The van der Waals surface area contributed by atoms with Crippen molar-refractivity contribution in [3.05, 3.63) is 92.6 Å². The zero-order valence-electron chi connectivity index (χ0n) is 29.0. The van der Waals surface area contributed by atoms with Crippen LogP contribution in [0.25, 0.3) is 39.0 Å². The van der Waals surface area contributed by atoms with Gasteiger partial charge in [0.1, 0.15) is 11.3 Å². The lowest BCUT2D eigenvalue weighted by atomic mass is 9.46. The molecule has 5 aromatic rings. The van der Waals surface area contributed by atoms with E-state index in [-0.39, 0.29) is 42.0 Å². The molecule has 2 aromatic carbocycles. The first-order valence-electron chi connectivity index (χ1n) is 17.3. The molecule has 1 aliphatic heterocycles. The summed E-state index contributed by atoms with van der Waals surface area (Å²) in [6.45, 7) is 0.578. The molecule has 0 radical (unpaired) electrons. The van der Waals surface area contributed by atoms with Crippen molar-refractivity contribution in [3.63, 3.8) is 0 Å². The van der Waals surface area contributed by atoms with E-state index in [1.54, 1.807) is 40.5 Å². The summed E-state index contributed by atoms with van der Waals surface area (Å²) in [4.78, 5) is 43.1. The normalized spacial score (nSPS) is 21.6. The van der Waals surface area contributed by atoms with Crippen molar-refractivity contribution in [2.24, 2.45) is 7.05 Å². The number of nitrogens with one attached hydrogen (secondary N) is 2. The zero-order chi connectivity index (χ0) is 37.2. The number of hydrogen-bond acceptors (Lipinski definition) is 8. The molecule has 4 fully saturated rings. The van der Waals surface area contributed by atoms with Gasteiger partial charge in [0, 0.05) is 71.2 Å². The maximum Gasteiger partial charge on any atom is 0.407 e. The van der Waals surface area contributed by atoms with Crippen molar-refractivity contribution in [3.8, 4) is 39.4 Å². The van der Waals surface area contributed by atoms with Gasteiger partial charge in [-0.3, -0.25) is 14.2 Å². The second-order valence-corrected chi connectivity index (χ2v) is 15.1. The lowest BCUT2D eigenvalue weighted by molar-refractivity contribution is -0.221. The number of aromatic nitrogens is 4. The molecule has 0 spiro atoms. The molecule has 2 bridgehead atoms. The quantitative estimate of drug-likeness (QED) is 0.141. The number of methoxy groups -OCH3 is 1. The minimum absolute atomic E-state index is 0.0229. The van der Waals surface area contributed by atoms with Gasteiger partial charge in [-0.2, -0.15) is 5.10 Å². The fourth-order valence-electron chi connectivity index (χ4n) is 7.98. The highest BCUT2D eigenvalue weighted by Crippen LogP contribution is 2.60. The van der Waals surface area contributed by atoms with E-state index in [9.17, 15) is 24.6 Å². The molecule has 3 aliphatic carbocycles. The van der Waals surface area contributed by atoms with E-state index in [4.69, 9.17) is 38.0 Å². The summed E-state index contributed by atoms with van der Waals surface area (Å²) in [5, 5.41) is 31.9. The molecule has 3 saturated carbocycles. The number of ether oxygens (including phenoxy) is 1. The second-order valence-electron chi connectivity index (χ2n) is 14.4. The summed E-state index contributed by atoms with van der Waals surface area (Å²) in [7, 11) is 3.18. The second kappa shape index (κ2) is 13.2. The van der Waals surface area contributed by atoms with Crippen LogP contribution < -0.4 is 20.9 Å². The molecule has 15 heteroatoms. The Morgan fingerprint density at radius 3 is 2.38 bits per heavy atom. The predicted octanol–water partition coefficient (Wildman–Crippen LogP) is 5.26. The molecule has 1 unspecified atom stereocenters. The Balaban J connectivity index is 1.06. The number of halogens is 2. The van der Waals surface area contributed by atoms with E-state index >= 15 is 0 Å². The maximum atomic E-state index is 13.4. The smallest absolute Gasteiger partial charge is 0.407 e. The highest BCUT2D eigenvalue weighted by atomic mass is 35.5. The molecular weight excluding hydrogens is 721 g/mol. The fourth-order valence-corrected chi connectivity index (χ4v) is 8.64. The van der Waals surface area contributed by atoms with Gasteiger partial charge in [-0.15, -0.1) is 0 Å².